The number of hydrogen-bond acceptors (Lipinski definition) is 7. The van der Waals surface area contributed by atoms with E-state index in [1.54, 1.807) is 52.1 Å². The summed E-state index contributed by atoms with van der Waals surface area (Å²) in [5.41, 5.74) is 3.83. The van der Waals surface area contributed by atoms with Gasteiger partial charge in [-0.25, -0.2) is 9.50 Å². The fourth-order valence-electron chi connectivity index (χ4n) is 5.25. The molecule has 3 aromatic heterocycles. The molecule has 0 saturated carbocycles. The summed E-state index contributed by atoms with van der Waals surface area (Å²) in [6.07, 6.45) is 2.23. The maximum atomic E-state index is 14.1. The number of rotatable bonds is 6. The van der Waals surface area contributed by atoms with E-state index in [4.69, 9.17) is 0 Å². The number of carbonyl (C=O) groups is 1. The SMILES string of the molecule is Cc1ccc(C(=O)Nc2ccc(CN3CCN(C)CC3)c(C(F)(F)F)c2)cc1C#Cc1cnc2c(Nc3cnn(C)c3)ccnn12. The molecule has 2 aromatic carbocycles. The number of carbonyl (C=O) groups excluding carboxylic acids is 1. The molecule has 0 aliphatic carbocycles. The molecule has 0 unspecified atom stereocenters. The second kappa shape index (κ2) is 12.7. The van der Waals surface area contributed by atoms with Crippen LogP contribution < -0.4 is 10.6 Å². The molecule has 0 bridgehead atoms. The van der Waals surface area contributed by atoms with E-state index >= 15 is 0 Å². The number of anilines is 3. The van der Waals surface area contributed by atoms with Crippen molar-refractivity contribution in [1.82, 2.24) is 34.2 Å². The highest BCUT2D eigenvalue weighted by Crippen LogP contribution is 2.35. The highest BCUT2D eigenvalue weighted by Gasteiger charge is 2.34. The zero-order chi connectivity index (χ0) is 32.4. The number of alkyl halides is 3. The lowest BCUT2D eigenvalue weighted by Gasteiger charge is -2.33. The van der Waals surface area contributed by atoms with E-state index in [1.807, 2.05) is 32.1 Å². The molecular formula is C33H32F3N9O. The first kappa shape index (κ1) is 30.8. The molecular weight excluding hydrogens is 595 g/mol. The van der Waals surface area contributed by atoms with Gasteiger partial charge in [0.2, 0.25) is 0 Å². The summed E-state index contributed by atoms with van der Waals surface area (Å²) in [6.45, 7) is 5.07. The van der Waals surface area contributed by atoms with Crippen molar-refractivity contribution in [3.63, 3.8) is 0 Å². The zero-order valence-electron chi connectivity index (χ0n) is 25.6. The van der Waals surface area contributed by atoms with Crippen molar-refractivity contribution in [3.8, 4) is 11.8 Å². The third kappa shape index (κ3) is 6.88. The molecule has 236 valence electrons. The Morgan fingerprint density at radius 2 is 1.76 bits per heavy atom. The highest BCUT2D eigenvalue weighted by atomic mass is 19.4. The van der Waals surface area contributed by atoms with Crippen molar-refractivity contribution in [2.24, 2.45) is 7.05 Å². The number of hydrogen-bond donors (Lipinski definition) is 2. The van der Waals surface area contributed by atoms with Crippen LogP contribution in [-0.2, 0) is 19.8 Å². The number of benzene rings is 2. The smallest absolute Gasteiger partial charge is 0.350 e. The van der Waals surface area contributed by atoms with Gasteiger partial charge in [-0.15, -0.1) is 0 Å². The lowest BCUT2D eigenvalue weighted by atomic mass is 10.0. The summed E-state index contributed by atoms with van der Waals surface area (Å²) in [5, 5.41) is 14.5. The Hall–Kier alpha value is -5.19. The molecule has 0 spiro atoms. The van der Waals surface area contributed by atoms with Gasteiger partial charge in [0.1, 0.15) is 5.69 Å². The summed E-state index contributed by atoms with van der Waals surface area (Å²) in [4.78, 5) is 21.8. The predicted octanol–water partition coefficient (Wildman–Crippen LogP) is 4.93. The van der Waals surface area contributed by atoms with Crippen molar-refractivity contribution in [1.29, 1.82) is 0 Å². The number of nitrogens with zero attached hydrogens (tertiary/aromatic N) is 7. The molecule has 1 fully saturated rings. The van der Waals surface area contributed by atoms with Crippen LogP contribution >= 0.6 is 0 Å². The monoisotopic (exact) mass is 627 g/mol. The van der Waals surface area contributed by atoms with Gasteiger partial charge in [-0.05, 0) is 61.4 Å². The molecule has 2 N–H and O–H groups in total. The third-order valence-electron chi connectivity index (χ3n) is 7.87. The van der Waals surface area contributed by atoms with Crippen LogP contribution in [0, 0.1) is 18.8 Å². The summed E-state index contributed by atoms with van der Waals surface area (Å²) >= 11 is 0. The number of likely N-dealkylation sites (N-methyl/N-ethyl adjacent to an activating group) is 1. The average Bonchev–Trinajstić information content (AvgIpc) is 3.64. The number of aromatic nitrogens is 5. The summed E-state index contributed by atoms with van der Waals surface area (Å²) in [6, 6.07) is 10.8. The largest absolute Gasteiger partial charge is 0.416 e. The van der Waals surface area contributed by atoms with Crippen LogP contribution in [0.1, 0.15) is 38.3 Å². The quantitative estimate of drug-likeness (QED) is 0.258. The van der Waals surface area contributed by atoms with Crippen molar-refractivity contribution in [2.45, 2.75) is 19.6 Å². The molecule has 0 radical (unpaired) electrons. The first-order valence-corrected chi connectivity index (χ1v) is 14.7. The van der Waals surface area contributed by atoms with Crippen LogP contribution in [-0.4, -0.2) is 73.3 Å². The Morgan fingerprint density at radius 1 is 0.957 bits per heavy atom. The minimum Gasteiger partial charge on any atom is -0.350 e. The third-order valence-corrected chi connectivity index (χ3v) is 7.87. The van der Waals surface area contributed by atoms with Crippen LogP contribution in [0.25, 0.3) is 5.65 Å². The summed E-state index contributed by atoms with van der Waals surface area (Å²) in [7, 11) is 3.82. The topological polar surface area (TPSA) is 95.6 Å². The number of nitrogens with one attached hydrogen (secondary N) is 2. The van der Waals surface area contributed by atoms with Gasteiger partial charge in [-0.1, -0.05) is 18.1 Å². The van der Waals surface area contributed by atoms with Gasteiger partial charge in [0, 0.05) is 62.8 Å². The van der Waals surface area contributed by atoms with E-state index in [9.17, 15) is 18.0 Å². The van der Waals surface area contributed by atoms with Gasteiger partial charge < -0.3 is 15.5 Å². The van der Waals surface area contributed by atoms with Gasteiger partial charge >= 0.3 is 6.18 Å². The van der Waals surface area contributed by atoms with Crippen LogP contribution in [0.2, 0.25) is 0 Å². The number of amides is 1. The summed E-state index contributed by atoms with van der Waals surface area (Å²) < 4.78 is 45.5. The first-order chi connectivity index (χ1) is 22.0. The van der Waals surface area contributed by atoms with Crippen molar-refractivity contribution in [3.05, 3.63) is 101 Å². The normalized spacial score (nSPS) is 14.2. The molecule has 6 rings (SSSR count). The maximum absolute atomic E-state index is 14.1. The van der Waals surface area contributed by atoms with E-state index in [-0.39, 0.29) is 23.4 Å². The second-order valence-electron chi connectivity index (χ2n) is 11.3. The fourth-order valence-corrected chi connectivity index (χ4v) is 5.25. The molecule has 13 heteroatoms. The molecule has 5 aromatic rings. The number of aryl methyl sites for hydroxylation is 2. The number of piperazine rings is 1. The van der Waals surface area contributed by atoms with Gasteiger partial charge in [-0.2, -0.15) is 23.4 Å². The van der Waals surface area contributed by atoms with Crippen LogP contribution in [0.3, 0.4) is 0 Å². The Bertz CT molecular complexity index is 1960. The van der Waals surface area contributed by atoms with Gasteiger partial charge in [0.25, 0.3) is 5.91 Å². The first-order valence-electron chi connectivity index (χ1n) is 14.7. The minimum absolute atomic E-state index is 0.0696. The van der Waals surface area contributed by atoms with Crippen LogP contribution in [0.4, 0.5) is 30.2 Å². The Kier molecular flexibility index (Phi) is 8.48. The highest BCUT2D eigenvalue weighted by molar-refractivity contribution is 6.04. The van der Waals surface area contributed by atoms with E-state index in [1.165, 1.54) is 12.1 Å². The van der Waals surface area contributed by atoms with Crippen molar-refractivity contribution < 1.29 is 18.0 Å². The predicted molar refractivity (Wildman–Crippen MR) is 169 cm³/mol. The van der Waals surface area contributed by atoms with Crippen molar-refractivity contribution >= 4 is 28.6 Å². The molecule has 1 saturated heterocycles. The van der Waals surface area contributed by atoms with Gasteiger partial charge in [0.15, 0.2) is 5.65 Å². The lowest BCUT2D eigenvalue weighted by Crippen LogP contribution is -2.44. The number of fused-ring (bicyclic) bond motifs is 1. The molecule has 1 aliphatic heterocycles. The van der Waals surface area contributed by atoms with Gasteiger partial charge in [0.05, 0.1) is 35.5 Å². The Labute approximate surface area is 263 Å². The molecule has 1 aliphatic rings. The van der Waals surface area contributed by atoms with E-state index in [0.29, 0.717) is 30.0 Å². The van der Waals surface area contributed by atoms with E-state index < -0.39 is 17.6 Å². The number of imidazole rings is 1. The lowest BCUT2D eigenvalue weighted by molar-refractivity contribution is -0.138. The van der Waals surface area contributed by atoms with Crippen LogP contribution in [0.5, 0.6) is 0 Å². The Morgan fingerprint density at radius 3 is 2.50 bits per heavy atom. The number of halogens is 3. The maximum Gasteiger partial charge on any atom is 0.416 e. The fraction of sp³-hybridized carbons (Fsp3) is 0.273. The standard InChI is InChI=1S/C33H32F3N9O/c1-22-4-5-24(32(46)41-26-8-6-25(29(17-26)33(34,35)36)20-44-14-12-42(2)13-15-44)16-23(22)7-9-28-19-37-31-30(10-11-38-45(28)31)40-27-18-39-43(3)21-27/h4-6,8,10-11,16-19,21,40H,12-15,20H2,1-3H3,(H,41,46). The molecule has 46 heavy (non-hydrogen) atoms. The molecule has 0 atom stereocenters. The van der Waals surface area contributed by atoms with Gasteiger partial charge in [-0.3, -0.25) is 14.4 Å². The van der Waals surface area contributed by atoms with E-state index in [2.05, 4.69) is 42.6 Å². The van der Waals surface area contributed by atoms with Crippen LogP contribution in [0.15, 0.2) is 67.3 Å². The Balaban J connectivity index is 1.20. The summed E-state index contributed by atoms with van der Waals surface area (Å²) in [5.74, 6) is 5.64. The molecule has 1 amide bonds. The zero-order valence-corrected chi connectivity index (χ0v) is 25.6. The second-order valence-corrected chi connectivity index (χ2v) is 11.3. The van der Waals surface area contributed by atoms with E-state index in [0.717, 1.165) is 36.1 Å². The molecule has 10 nitrogen and oxygen atoms in total. The average molecular weight is 628 g/mol. The molecule has 4 heterocycles. The van der Waals surface area contributed by atoms with Crippen molar-refractivity contribution in [2.75, 3.05) is 43.9 Å². The minimum atomic E-state index is -4.56.